The molecule has 0 bridgehead atoms. The highest BCUT2D eigenvalue weighted by molar-refractivity contribution is 5.84. The Balaban J connectivity index is 1.75. The Kier molecular flexibility index (Phi) is 5.59. The summed E-state index contributed by atoms with van der Waals surface area (Å²) in [5, 5.41) is 7.38. The highest BCUT2D eigenvalue weighted by Crippen LogP contribution is 2.16. The number of nitrogens with one attached hydrogen (secondary N) is 1. The van der Waals surface area contributed by atoms with Crippen molar-refractivity contribution in [3.63, 3.8) is 0 Å². The molecule has 0 aliphatic carbocycles. The van der Waals surface area contributed by atoms with Crippen LogP contribution < -0.4 is 5.32 Å². The molecule has 0 aromatic heterocycles. The van der Waals surface area contributed by atoms with Gasteiger partial charge in [-0.3, -0.25) is 5.32 Å². The summed E-state index contributed by atoms with van der Waals surface area (Å²) in [7, 11) is 0. The van der Waals surface area contributed by atoms with Crippen LogP contribution in [-0.2, 0) is 4.74 Å². The summed E-state index contributed by atoms with van der Waals surface area (Å²) in [6, 6.07) is 7.68. The standard InChI is InChI=1S/C16H25N3O2/c1-4-18-10-14(11-19(18)5-2)12-21-16(20)17-15-8-6-13(3)7-9-15/h6-9,14H,4-5,10-12H2,1-3H3,(H,17,20). The Hall–Kier alpha value is -1.59. The normalized spacial score (nSPS) is 17.1. The fourth-order valence-corrected chi connectivity index (χ4v) is 2.63. The Bertz CT molecular complexity index is 449. The number of hydrogen-bond donors (Lipinski definition) is 1. The van der Waals surface area contributed by atoms with Crippen molar-refractivity contribution in [2.45, 2.75) is 20.8 Å². The van der Waals surface area contributed by atoms with Gasteiger partial charge in [-0.25, -0.2) is 14.8 Å². The highest BCUT2D eigenvalue weighted by Gasteiger charge is 2.28. The topological polar surface area (TPSA) is 44.8 Å². The maximum absolute atomic E-state index is 11.8. The van der Waals surface area contributed by atoms with E-state index in [1.807, 2.05) is 31.2 Å². The van der Waals surface area contributed by atoms with Gasteiger partial charge in [-0.15, -0.1) is 0 Å². The molecule has 1 aliphatic heterocycles. The van der Waals surface area contributed by atoms with Gasteiger partial charge < -0.3 is 4.74 Å². The molecule has 2 rings (SSSR count). The molecule has 1 saturated heterocycles. The average molecular weight is 291 g/mol. The van der Waals surface area contributed by atoms with Gasteiger partial charge in [0.2, 0.25) is 0 Å². The number of amides is 1. The van der Waals surface area contributed by atoms with Crippen molar-refractivity contribution in [2.75, 3.05) is 38.1 Å². The molecular weight excluding hydrogens is 266 g/mol. The number of nitrogens with zero attached hydrogens (tertiary/aromatic N) is 2. The fourth-order valence-electron chi connectivity index (χ4n) is 2.63. The first-order chi connectivity index (χ1) is 10.1. The molecular formula is C16H25N3O2. The van der Waals surface area contributed by atoms with Gasteiger partial charge in [0, 0.05) is 37.8 Å². The number of benzene rings is 1. The van der Waals surface area contributed by atoms with Crippen LogP contribution in [-0.4, -0.2) is 48.9 Å². The predicted molar refractivity (Wildman–Crippen MR) is 84.1 cm³/mol. The third kappa shape index (κ3) is 4.44. The maximum atomic E-state index is 11.8. The minimum Gasteiger partial charge on any atom is -0.449 e. The van der Waals surface area contributed by atoms with Crippen LogP contribution in [0.1, 0.15) is 19.4 Å². The summed E-state index contributed by atoms with van der Waals surface area (Å²) < 4.78 is 5.34. The largest absolute Gasteiger partial charge is 0.449 e. The van der Waals surface area contributed by atoms with Crippen LogP contribution in [0.3, 0.4) is 0 Å². The van der Waals surface area contributed by atoms with Gasteiger partial charge in [0.1, 0.15) is 0 Å². The first-order valence-corrected chi connectivity index (χ1v) is 7.62. The quantitative estimate of drug-likeness (QED) is 0.906. The van der Waals surface area contributed by atoms with Gasteiger partial charge >= 0.3 is 6.09 Å². The predicted octanol–water partition coefficient (Wildman–Crippen LogP) is 2.73. The van der Waals surface area contributed by atoms with Crippen molar-refractivity contribution >= 4 is 11.8 Å². The number of hydrazine groups is 1. The van der Waals surface area contributed by atoms with E-state index in [-0.39, 0.29) is 6.09 Å². The van der Waals surface area contributed by atoms with E-state index in [9.17, 15) is 4.79 Å². The molecule has 1 aromatic carbocycles. The van der Waals surface area contributed by atoms with Gasteiger partial charge in [0.25, 0.3) is 0 Å². The van der Waals surface area contributed by atoms with E-state index in [2.05, 4.69) is 29.2 Å². The van der Waals surface area contributed by atoms with Gasteiger partial charge in [-0.1, -0.05) is 31.5 Å². The SMILES string of the molecule is CCN1CC(COC(=O)Nc2ccc(C)cc2)CN1CC. The number of hydrogen-bond acceptors (Lipinski definition) is 4. The minimum absolute atomic E-state index is 0.378. The molecule has 1 fully saturated rings. The van der Waals surface area contributed by atoms with Crippen LogP contribution in [0.25, 0.3) is 0 Å². The van der Waals surface area contributed by atoms with Crippen molar-refractivity contribution in [2.24, 2.45) is 5.92 Å². The summed E-state index contributed by atoms with van der Waals surface area (Å²) in [4.78, 5) is 11.8. The zero-order valence-corrected chi connectivity index (χ0v) is 13.1. The van der Waals surface area contributed by atoms with Crippen LogP contribution in [0.15, 0.2) is 24.3 Å². The second-order valence-corrected chi connectivity index (χ2v) is 5.47. The molecule has 116 valence electrons. The Labute approximate surface area is 126 Å². The fraction of sp³-hybridized carbons (Fsp3) is 0.562. The van der Waals surface area contributed by atoms with E-state index in [0.29, 0.717) is 12.5 Å². The minimum atomic E-state index is -0.378. The number of carbonyl (C=O) groups is 1. The monoisotopic (exact) mass is 291 g/mol. The molecule has 0 unspecified atom stereocenters. The summed E-state index contributed by atoms with van der Waals surface area (Å²) in [5.74, 6) is 0.383. The van der Waals surface area contributed by atoms with Gasteiger partial charge in [0.05, 0.1) is 6.61 Å². The molecule has 0 saturated carbocycles. The second-order valence-electron chi connectivity index (χ2n) is 5.47. The lowest BCUT2D eigenvalue weighted by Crippen LogP contribution is -2.35. The van der Waals surface area contributed by atoms with Crippen molar-refractivity contribution < 1.29 is 9.53 Å². The van der Waals surface area contributed by atoms with Crippen LogP contribution in [0.2, 0.25) is 0 Å². The molecule has 1 N–H and O–H groups in total. The molecule has 1 amide bonds. The van der Waals surface area contributed by atoms with E-state index in [1.165, 1.54) is 5.56 Å². The van der Waals surface area contributed by atoms with Gasteiger partial charge in [-0.2, -0.15) is 0 Å². The third-order valence-corrected chi connectivity index (χ3v) is 3.82. The summed E-state index contributed by atoms with van der Waals surface area (Å²) >= 11 is 0. The Morgan fingerprint density at radius 2 is 1.76 bits per heavy atom. The maximum Gasteiger partial charge on any atom is 0.411 e. The number of anilines is 1. The van der Waals surface area contributed by atoms with E-state index in [1.54, 1.807) is 0 Å². The molecule has 0 radical (unpaired) electrons. The van der Waals surface area contributed by atoms with E-state index in [4.69, 9.17) is 4.74 Å². The number of aryl methyl sites for hydroxylation is 1. The van der Waals surface area contributed by atoms with Crippen molar-refractivity contribution in [3.8, 4) is 0 Å². The molecule has 1 aliphatic rings. The Morgan fingerprint density at radius 1 is 1.19 bits per heavy atom. The molecule has 5 nitrogen and oxygen atoms in total. The molecule has 0 atom stereocenters. The summed E-state index contributed by atoms with van der Waals surface area (Å²) in [6.45, 7) is 10.7. The lowest BCUT2D eigenvalue weighted by Gasteiger charge is -2.24. The van der Waals surface area contributed by atoms with Crippen LogP contribution >= 0.6 is 0 Å². The average Bonchev–Trinajstić information content (AvgIpc) is 2.90. The third-order valence-electron chi connectivity index (χ3n) is 3.82. The zero-order chi connectivity index (χ0) is 15.2. The Morgan fingerprint density at radius 3 is 2.29 bits per heavy atom. The first-order valence-electron chi connectivity index (χ1n) is 7.62. The summed E-state index contributed by atoms with van der Waals surface area (Å²) in [5.41, 5.74) is 1.93. The number of ether oxygens (including phenoxy) is 1. The van der Waals surface area contributed by atoms with Crippen molar-refractivity contribution in [1.82, 2.24) is 10.0 Å². The van der Waals surface area contributed by atoms with Crippen LogP contribution in [0.4, 0.5) is 10.5 Å². The van der Waals surface area contributed by atoms with E-state index in [0.717, 1.165) is 31.9 Å². The van der Waals surface area contributed by atoms with Crippen molar-refractivity contribution in [3.05, 3.63) is 29.8 Å². The second kappa shape index (κ2) is 7.43. The smallest absolute Gasteiger partial charge is 0.411 e. The lowest BCUT2D eigenvalue weighted by molar-refractivity contribution is 0.0388. The zero-order valence-electron chi connectivity index (χ0n) is 13.1. The summed E-state index contributed by atoms with van der Waals surface area (Å²) in [6.07, 6.45) is -0.378. The van der Waals surface area contributed by atoms with Crippen LogP contribution in [0, 0.1) is 12.8 Å². The van der Waals surface area contributed by atoms with Gasteiger partial charge in [-0.05, 0) is 19.1 Å². The van der Waals surface area contributed by atoms with E-state index >= 15 is 0 Å². The van der Waals surface area contributed by atoms with Crippen molar-refractivity contribution in [1.29, 1.82) is 0 Å². The highest BCUT2D eigenvalue weighted by atomic mass is 16.5. The molecule has 1 heterocycles. The molecule has 0 spiro atoms. The number of rotatable bonds is 5. The molecule has 5 heteroatoms. The lowest BCUT2D eigenvalue weighted by atomic mass is 10.2. The van der Waals surface area contributed by atoms with E-state index < -0.39 is 0 Å². The molecule has 1 aromatic rings. The van der Waals surface area contributed by atoms with Crippen LogP contribution in [0.5, 0.6) is 0 Å². The van der Waals surface area contributed by atoms with Gasteiger partial charge in [0.15, 0.2) is 0 Å². The first kappa shape index (κ1) is 15.8. The molecule has 21 heavy (non-hydrogen) atoms. The number of carbonyl (C=O) groups excluding carboxylic acids is 1.